The van der Waals surface area contributed by atoms with Crippen LogP contribution in [0.25, 0.3) is 0 Å². The van der Waals surface area contributed by atoms with Crippen LogP contribution < -0.4 is 19.1 Å². The molecule has 0 radical (unpaired) electrons. The van der Waals surface area contributed by atoms with Crippen molar-refractivity contribution in [1.82, 2.24) is 10.2 Å². The summed E-state index contributed by atoms with van der Waals surface area (Å²) in [6.07, 6.45) is 2.03. The molecule has 3 aromatic rings. The molecule has 2 amide bonds. The molecule has 41 heavy (non-hydrogen) atoms. The first-order valence-corrected chi connectivity index (χ1v) is 15.3. The van der Waals surface area contributed by atoms with Crippen LogP contribution in [0.2, 0.25) is 0 Å². The third kappa shape index (κ3) is 8.47. The van der Waals surface area contributed by atoms with Crippen LogP contribution in [0.5, 0.6) is 11.5 Å². The highest BCUT2D eigenvalue weighted by molar-refractivity contribution is 7.92. The monoisotopic (exact) mass is 581 g/mol. The molecule has 0 bridgehead atoms. The molecular formula is C31H39N3O6S. The maximum Gasteiger partial charge on any atom is 0.244 e. The molecule has 0 aliphatic carbocycles. The summed E-state index contributed by atoms with van der Waals surface area (Å²) in [7, 11) is -1.03. The van der Waals surface area contributed by atoms with Gasteiger partial charge in [0.05, 0.1) is 26.2 Å². The maximum absolute atomic E-state index is 14.2. The Morgan fingerprint density at radius 3 is 2.24 bits per heavy atom. The fourth-order valence-corrected chi connectivity index (χ4v) is 5.33. The third-order valence-electron chi connectivity index (χ3n) is 6.76. The van der Waals surface area contributed by atoms with Crippen LogP contribution in [0.15, 0.2) is 72.8 Å². The van der Waals surface area contributed by atoms with E-state index in [-0.39, 0.29) is 30.3 Å². The Bertz CT molecular complexity index is 1430. The fourth-order valence-electron chi connectivity index (χ4n) is 4.48. The first-order chi connectivity index (χ1) is 19.6. The number of nitrogens with zero attached hydrogens (tertiary/aromatic N) is 2. The molecule has 0 heterocycles. The lowest BCUT2D eigenvalue weighted by atomic mass is 10.0. The van der Waals surface area contributed by atoms with Crippen LogP contribution >= 0.6 is 0 Å². The van der Waals surface area contributed by atoms with Crippen molar-refractivity contribution in [2.75, 3.05) is 37.9 Å². The van der Waals surface area contributed by atoms with Crippen LogP contribution in [-0.4, -0.2) is 64.7 Å². The van der Waals surface area contributed by atoms with E-state index in [4.69, 9.17) is 9.47 Å². The minimum atomic E-state index is -3.93. The highest BCUT2D eigenvalue weighted by atomic mass is 32.2. The Hall–Kier alpha value is -4.05. The molecule has 0 aromatic heterocycles. The summed E-state index contributed by atoms with van der Waals surface area (Å²) < 4.78 is 37.8. The van der Waals surface area contributed by atoms with Crippen molar-refractivity contribution in [2.24, 2.45) is 0 Å². The Morgan fingerprint density at radius 1 is 0.951 bits per heavy atom. The fraction of sp³-hybridized carbons (Fsp3) is 0.355. The predicted molar refractivity (Wildman–Crippen MR) is 161 cm³/mol. The molecule has 3 rings (SSSR count). The van der Waals surface area contributed by atoms with Crippen molar-refractivity contribution >= 4 is 27.5 Å². The van der Waals surface area contributed by atoms with Gasteiger partial charge in [-0.1, -0.05) is 61.5 Å². The molecule has 1 N–H and O–H groups in total. The number of anilines is 1. The molecule has 0 spiro atoms. The molecule has 0 saturated heterocycles. The number of rotatable bonds is 14. The number of hydrogen-bond donors (Lipinski definition) is 1. The smallest absolute Gasteiger partial charge is 0.244 e. The van der Waals surface area contributed by atoms with Crippen molar-refractivity contribution in [3.05, 3.63) is 89.5 Å². The van der Waals surface area contributed by atoms with E-state index in [1.165, 1.54) is 25.2 Å². The van der Waals surface area contributed by atoms with Crippen LogP contribution in [0.3, 0.4) is 0 Å². The molecule has 3 aromatic carbocycles. The summed E-state index contributed by atoms with van der Waals surface area (Å²) >= 11 is 0. The normalized spacial score (nSPS) is 11.8. The van der Waals surface area contributed by atoms with Crippen LogP contribution in [0.4, 0.5) is 5.69 Å². The number of hydrogen-bond acceptors (Lipinski definition) is 6. The number of benzene rings is 3. The van der Waals surface area contributed by atoms with E-state index in [0.29, 0.717) is 12.3 Å². The molecular weight excluding hydrogens is 542 g/mol. The number of methoxy groups -OCH3 is 2. The lowest BCUT2D eigenvalue weighted by Crippen LogP contribution is -2.53. The highest BCUT2D eigenvalue weighted by Gasteiger charge is 2.34. The van der Waals surface area contributed by atoms with Crippen molar-refractivity contribution < 1.29 is 27.5 Å². The lowest BCUT2D eigenvalue weighted by molar-refractivity contribution is -0.140. The Labute approximate surface area is 243 Å². The number of amides is 2. The highest BCUT2D eigenvalue weighted by Crippen LogP contribution is 2.34. The summed E-state index contributed by atoms with van der Waals surface area (Å²) in [4.78, 5) is 29.3. The van der Waals surface area contributed by atoms with E-state index >= 15 is 0 Å². The van der Waals surface area contributed by atoms with Crippen molar-refractivity contribution in [3.8, 4) is 11.5 Å². The van der Waals surface area contributed by atoms with E-state index in [1.54, 1.807) is 12.1 Å². The van der Waals surface area contributed by atoms with Gasteiger partial charge in [-0.15, -0.1) is 0 Å². The maximum atomic E-state index is 14.2. The summed E-state index contributed by atoms with van der Waals surface area (Å²) in [6.45, 7) is 3.94. The van der Waals surface area contributed by atoms with E-state index in [1.807, 2.05) is 68.4 Å². The van der Waals surface area contributed by atoms with Gasteiger partial charge in [-0.3, -0.25) is 13.9 Å². The largest absolute Gasteiger partial charge is 0.497 e. The number of carbonyl (C=O) groups is 2. The molecule has 220 valence electrons. The van der Waals surface area contributed by atoms with E-state index in [0.717, 1.165) is 33.7 Å². The van der Waals surface area contributed by atoms with Gasteiger partial charge in [-0.25, -0.2) is 8.42 Å². The number of carbonyl (C=O) groups excluding carboxylic acids is 2. The first kappa shape index (κ1) is 31.5. The zero-order valence-corrected chi connectivity index (χ0v) is 25.1. The zero-order valence-electron chi connectivity index (χ0n) is 24.3. The topological polar surface area (TPSA) is 105 Å². The van der Waals surface area contributed by atoms with Crippen LogP contribution in [0.1, 0.15) is 30.0 Å². The van der Waals surface area contributed by atoms with Gasteiger partial charge >= 0.3 is 0 Å². The standard InChI is InChI=1S/C31H39N3O6S/c1-6-18-32-31(36)28(19-24-13-8-7-9-14-24)33(21-25-15-11-10-12-23(25)2)30(35)22-34(41(5,37)38)27-17-16-26(39-3)20-29(27)40-4/h7-17,20,28H,6,18-19,21-22H2,1-5H3,(H,32,36). The third-order valence-corrected chi connectivity index (χ3v) is 7.88. The van der Waals surface area contributed by atoms with Gasteiger partial charge in [0.15, 0.2) is 0 Å². The van der Waals surface area contributed by atoms with Gasteiger partial charge in [0.2, 0.25) is 21.8 Å². The summed E-state index contributed by atoms with van der Waals surface area (Å²) in [5.74, 6) is -0.119. The minimum absolute atomic E-state index is 0.125. The molecule has 10 heteroatoms. The number of aryl methyl sites for hydroxylation is 1. The SMILES string of the molecule is CCCNC(=O)C(Cc1ccccc1)N(Cc1ccccc1C)C(=O)CN(c1ccc(OC)cc1OC)S(C)(=O)=O. The molecule has 0 saturated carbocycles. The van der Waals surface area contributed by atoms with Gasteiger partial charge in [0, 0.05) is 25.6 Å². The van der Waals surface area contributed by atoms with Gasteiger partial charge in [-0.2, -0.15) is 0 Å². The van der Waals surface area contributed by atoms with E-state index in [2.05, 4.69) is 5.32 Å². The average molecular weight is 582 g/mol. The second kappa shape index (κ2) is 14.5. The summed E-state index contributed by atoms with van der Waals surface area (Å²) in [5.41, 5.74) is 2.88. The van der Waals surface area contributed by atoms with Crippen molar-refractivity contribution in [3.63, 3.8) is 0 Å². The second-order valence-electron chi connectivity index (χ2n) is 9.75. The zero-order chi connectivity index (χ0) is 30.0. The van der Waals surface area contributed by atoms with Crippen molar-refractivity contribution in [1.29, 1.82) is 0 Å². The first-order valence-electron chi connectivity index (χ1n) is 13.4. The second-order valence-corrected chi connectivity index (χ2v) is 11.7. The van der Waals surface area contributed by atoms with Gasteiger partial charge in [0.1, 0.15) is 24.1 Å². The molecule has 0 aliphatic rings. The van der Waals surface area contributed by atoms with Gasteiger partial charge < -0.3 is 19.7 Å². The van der Waals surface area contributed by atoms with Gasteiger partial charge in [-0.05, 0) is 42.2 Å². The molecule has 1 atom stereocenters. The number of ether oxygens (including phenoxy) is 2. The van der Waals surface area contributed by atoms with E-state index in [9.17, 15) is 18.0 Å². The Balaban J connectivity index is 2.09. The quantitative estimate of drug-likeness (QED) is 0.309. The predicted octanol–water partition coefficient (Wildman–Crippen LogP) is 3.94. The Kier molecular flexibility index (Phi) is 11.2. The molecule has 0 aliphatic heterocycles. The van der Waals surface area contributed by atoms with Crippen LogP contribution in [-0.2, 0) is 32.6 Å². The molecule has 0 fully saturated rings. The molecule has 1 unspecified atom stereocenters. The summed E-state index contributed by atoms with van der Waals surface area (Å²) in [5, 5.41) is 2.94. The molecule has 9 nitrogen and oxygen atoms in total. The van der Waals surface area contributed by atoms with E-state index < -0.39 is 28.5 Å². The number of sulfonamides is 1. The van der Waals surface area contributed by atoms with Gasteiger partial charge in [0.25, 0.3) is 0 Å². The van der Waals surface area contributed by atoms with Crippen molar-refractivity contribution in [2.45, 2.75) is 39.3 Å². The lowest BCUT2D eigenvalue weighted by Gasteiger charge is -2.34. The minimum Gasteiger partial charge on any atom is -0.497 e. The Morgan fingerprint density at radius 2 is 1.63 bits per heavy atom. The number of nitrogens with one attached hydrogen (secondary N) is 1. The summed E-state index contributed by atoms with van der Waals surface area (Å²) in [6, 6.07) is 20.9. The average Bonchev–Trinajstić information content (AvgIpc) is 2.96. The van der Waals surface area contributed by atoms with Crippen LogP contribution in [0, 0.1) is 6.92 Å².